The molecule has 0 bridgehead atoms. The van der Waals surface area contributed by atoms with E-state index in [0.717, 1.165) is 39.2 Å². The molecule has 296 valence electrons. The lowest BCUT2D eigenvalue weighted by Gasteiger charge is -2.39. The largest absolute Gasteiger partial charge is 0.497 e. The fraction of sp³-hybridized carbons (Fsp3) is 0.178. The minimum atomic E-state index is -4.54. The second-order valence-electron chi connectivity index (χ2n) is 13.2. The molecule has 0 unspecified atom stereocenters. The summed E-state index contributed by atoms with van der Waals surface area (Å²) >= 11 is 0. The summed E-state index contributed by atoms with van der Waals surface area (Å²) in [6, 6.07) is 44.4. The summed E-state index contributed by atoms with van der Waals surface area (Å²) in [5.41, 5.74) is 2.64. The predicted octanol–water partition coefficient (Wildman–Crippen LogP) is 8.17. The number of halogens is 3. The molecule has 6 aromatic carbocycles. The van der Waals surface area contributed by atoms with Crippen molar-refractivity contribution in [2.75, 3.05) is 21.0 Å². The molecule has 7 rings (SSSR count). The predicted molar refractivity (Wildman–Crippen MR) is 210 cm³/mol. The van der Waals surface area contributed by atoms with Crippen LogP contribution >= 0.6 is 0 Å². The summed E-state index contributed by atoms with van der Waals surface area (Å²) in [7, 11) is 3.11. The van der Waals surface area contributed by atoms with Gasteiger partial charge in [0.05, 0.1) is 25.3 Å². The van der Waals surface area contributed by atoms with Gasteiger partial charge in [0.1, 0.15) is 40.9 Å². The van der Waals surface area contributed by atoms with E-state index in [4.69, 9.17) is 23.8 Å². The molecule has 58 heavy (non-hydrogen) atoms. The summed E-state index contributed by atoms with van der Waals surface area (Å²) in [5, 5.41) is 11.4. The Labute approximate surface area is 332 Å². The maximum atomic E-state index is 14.4. The molecule has 1 N–H and O–H groups in total. The number of carbonyl (C=O) groups is 1. The third-order valence-electron chi connectivity index (χ3n) is 9.67. The number of hydrogen-bond acceptors (Lipinski definition) is 9. The third-order valence-corrected chi connectivity index (χ3v) is 9.67. The number of esters is 1. The molecule has 0 fully saturated rings. The van der Waals surface area contributed by atoms with Crippen molar-refractivity contribution < 1.29 is 41.8 Å². The van der Waals surface area contributed by atoms with E-state index in [1.165, 1.54) is 6.07 Å². The number of alkyl halides is 3. The molecule has 0 aliphatic carbocycles. The van der Waals surface area contributed by atoms with Crippen LogP contribution in [0.25, 0.3) is 11.0 Å². The van der Waals surface area contributed by atoms with Gasteiger partial charge in [0.25, 0.3) is 6.79 Å². The number of nitrogens with one attached hydrogen (secondary N) is 1. The van der Waals surface area contributed by atoms with E-state index in [1.807, 2.05) is 103 Å². The van der Waals surface area contributed by atoms with Crippen LogP contribution in [0.2, 0.25) is 0 Å². The molecule has 0 saturated heterocycles. The van der Waals surface area contributed by atoms with Gasteiger partial charge in [-0.05, 0) is 76.4 Å². The Kier molecular flexibility index (Phi) is 11.9. The second-order valence-corrected chi connectivity index (χ2v) is 13.2. The Balaban J connectivity index is 1.16. The summed E-state index contributed by atoms with van der Waals surface area (Å²) in [6.45, 7) is -0.419. The molecule has 0 amide bonds. The standard InChI is InChI=1S/C45H39F3N4O6/c1-54-38-24-20-32(42(28-38)55-2)29-56-43(53)40(49-44(33-12-6-3-7-13-33,34-14-8-4-9-15-34)35-16-10-5-11-17-35)26-31-18-22-37(23-19-31)57-30-58-52-41-27-36(45(46,47)48)21-25-39(41)50-51-52/h3-25,27-28,40,49H,26,29-30H2,1-2H3/t40-/m1/s1. The van der Waals surface area contributed by atoms with Crippen molar-refractivity contribution in [3.05, 3.63) is 185 Å². The first-order valence-electron chi connectivity index (χ1n) is 18.3. The number of rotatable bonds is 16. The van der Waals surface area contributed by atoms with Crippen LogP contribution in [0.3, 0.4) is 0 Å². The lowest BCUT2D eigenvalue weighted by atomic mass is 9.76. The van der Waals surface area contributed by atoms with E-state index in [1.54, 1.807) is 44.6 Å². The first-order valence-corrected chi connectivity index (χ1v) is 18.3. The number of nitrogens with zero attached hydrogens (tertiary/aromatic N) is 3. The molecule has 10 nitrogen and oxygen atoms in total. The monoisotopic (exact) mass is 788 g/mol. The molecule has 0 radical (unpaired) electrons. The van der Waals surface area contributed by atoms with Crippen molar-refractivity contribution in [1.29, 1.82) is 0 Å². The van der Waals surface area contributed by atoms with Crippen LogP contribution in [0.1, 0.15) is 33.4 Å². The second kappa shape index (κ2) is 17.5. The highest BCUT2D eigenvalue weighted by atomic mass is 19.4. The first kappa shape index (κ1) is 39.4. The van der Waals surface area contributed by atoms with Crippen LogP contribution in [0.5, 0.6) is 17.2 Å². The van der Waals surface area contributed by atoms with E-state index in [-0.39, 0.29) is 30.9 Å². The van der Waals surface area contributed by atoms with Gasteiger partial charge in [-0.2, -0.15) is 13.2 Å². The Hall–Kier alpha value is -6.86. The lowest BCUT2D eigenvalue weighted by Crippen LogP contribution is -2.53. The van der Waals surface area contributed by atoms with E-state index in [9.17, 15) is 18.0 Å². The quantitative estimate of drug-likeness (QED) is 0.0590. The Morgan fingerprint density at radius 2 is 1.31 bits per heavy atom. The molecule has 13 heteroatoms. The number of methoxy groups -OCH3 is 2. The van der Waals surface area contributed by atoms with Crippen LogP contribution in [-0.4, -0.2) is 48.2 Å². The molecule has 0 aliphatic rings. The number of ether oxygens (including phenoxy) is 4. The number of aromatic nitrogens is 3. The van der Waals surface area contributed by atoms with Gasteiger partial charge in [0, 0.05) is 11.6 Å². The molecular formula is C45H39F3N4O6. The van der Waals surface area contributed by atoms with Crippen molar-refractivity contribution in [3.8, 4) is 17.2 Å². The zero-order valence-corrected chi connectivity index (χ0v) is 31.6. The fourth-order valence-electron chi connectivity index (χ4n) is 6.76. The van der Waals surface area contributed by atoms with Crippen molar-refractivity contribution >= 4 is 17.0 Å². The highest BCUT2D eigenvalue weighted by Crippen LogP contribution is 2.38. The molecular weight excluding hydrogens is 750 g/mol. The van der Waals surface area contributed by atoms with Gasteiger partial charge in [0.15, 0.2) is 0 Å². The van der Waals surface area contributed by atoms with E-state index in [0.29, 0.717) is 22.8 Å². The van der Waals surface area contributed by atoms with Gasteiger partial charge < -0.3 is 23.8 Å². The smallest absolute Gasteiger partial charge is 0.416 e. The fourth-order valence-corrected chi connectivity index (χ4v) is 6.76. The summed E-state index contributed by atoms with van der Waals surface area (Å²) in [5.74, 6) is 1.05. The molecule has 0 saturated carbocycles. The van der Waals surface area contributed by atoms with Crippen LogP contribution in [0, 0.1) is 0 Å². The van der Waals surface area contributed by atoms with E-state index >= 15 is 0 Å². The van der Waals surface area contributed by atoms with Crippen LogP contribution in [0.15, 0.2) is 152 Å². The maximum absolute atomic E-state index is 14.4. The molecule has 0 aliphatic heterocycles. The zero-order chi connectivity index (χ0) is 40.5. The number of fused-ring (bicyclic) bond motifs is 1. The zero-order valence-electron chi connectivity index (χ0n) is 31.6. The number of hydrogen-bond donors (Lipinski definition) is 1. The number of benzene rings is 6. The third kappa shape index (κ3) is 8.74. The Morgan fingerprint density at radius 1 is 0.707 bits per heavy atom. The highest BCUT2D eigenvalue weighted by Gasteiger charge is 2.40. The SMILES string of the molecule is COc1ccc(COC(=O)[C@@H](Cc2ccc(OCOn3nnc4ccc(C(F)(F)F)cc43)cc2)NC(c2ccccc2)(c2ccccc2)c2ccccc2)c(OC)c1. The summed E-state index contributed by atoms with van der Waals surface area (Å²) in [4.78, 5) is 20.8. The molecule has 7 aromatic rings. The first-order chi connectivity index (χ1) is 28.2. The molecule has 1 heterocycles. The average Bonchev–Trinajstić information content (AvgIpc) is 3.67. The van der Waals surface area contributed by atoms with Crippen molar-refractivity contribution in [3.63, 3.8) is 0 Å². The van der Waals surface area contributed by atoms with Crippen LogP contribution < -0.4 is 24.4 Å². The molecule has 1 atom stereocenters. The van der Waals surface area contributed by atoms with Crippen molar-refractivity contribution in [2.45, 2.75) is 30.8 Å². The Bertz CT molecular complexity index is 2330. The van der Waals surface area contributed by atoms with Gasteiger partial charge in [-0.25, -0.2) is 0 Å². The average molecular weight is 789 g/mol. The van der Waals surface area contributed by atoms with Crippen molar-refractivity contribution in [1.82, 2.24) is 20.5 Å². The summed E-state index contributed by atoms with van der Waals surface area (Å²) in [6.07, 6.45) is -4.32. The van der Waals surface area contributed by atoms with Crippen molar-refractivity contribution in [2.24, 2.45) is 0 Å². The van der Waals surface area contributed by atoms with E-state index < -0.39 is 29.3 Å². The van der Waals surface area contributed by atoms with E-state index in [2.05, 4.69) is 15.6 Å². The minimum Gasteiger partial charge on any atom is -0.497 e. The minimum absolute atomic E-state index is 0.0437. The number of carbonyl (C=O) groups excluding carboxylic acids is 1. The van der Waals surface area contributed by atoms with Gasteiger partial charge in [-0.3, -0.25) is 10.1 Å². The molecule has 1 aromatic heterocycles. The topological polar surface area (TPSA) is 106 Å². The van der Waals surface area contributed by atoms with Crippen LogP contribution in [-0.2, 0) is 34.3 Å². The van der Waals surface area contributed by atoms with Crippen LogP contribution in [0.4, 0.5) is 13.2 Å². The van der Waals surface area contributed by atoms with Gasteiger partial charge in [0.2, 0.25) is 0 Å². The lowest BCUT2D eigenvalue weighted by molar-refractivity contribution is -0.148. The Morgan fingerprint density at radius 3 is 1.88 bits per heavy atom. The van der Waals surface area contributed by atoms with Gasteiger partial charge >= 0.3 is 12.1 Å². The van der Waals surface area contributed by atoms with Gasteiger partial charge in [-0.15, -0.1) is 5.10 Å². The maximum Gasteiger partial charge on any atom is 0.416 e. The normalized spacial score (nSPS) is 12.2. The summed E-state index contributed by atoms with van der Waals surface area (Å²) < 4.78 is 62.6. The molecule has 0 spiro atoms. The van der Waals surface area contributed by atoms with Gasteiger partial charge in [-0.1, -0.05) is 108 Å². The highest BCUT2D eigenvalue weighted by molar-refractivity contribution is 5.77.